The number of pyridine rings is 2. The number of anilines is 2. The highest BCUT2D eigenvalue weighted by Crippen LogP contribution is 2.26. The second-order valence-corrected chi connectivity index (χ2v) is 8.67. The van der Waals surface area contributed by atoms with Gasteiger partial charge in [0.15, 0.2) is 5.69 Å². The van der Waals surface area contributed by atoms with E-state index in [4.69, 9.17) is 23.2 Å². The van der Waals surface area contributed by atoms with Crippen LogP contribution in [-0.2, 0) is 10.0 Å². The van der Waals surface area contributed by atoms with Gasteiger partial charge in [-0.2, -0.15) is 0 Å². The van der Waals surface area contributed by atoms with Crippen LogP contribution in [0.2, 0.25) is 10.0 Å². The van der Waals surface area contributed by atoms with E-state index in [0.717, 1.165) is 0 Å². The molecule has 150 valence electrons. The summed E-state index contributed by atoms with van der Waals surface area (Å²) in [4.78, 5) is 22.3. The van der Waals surface area contributed by atoms with Crippen molar-refractivity contribution in [3.63, 3.8) is 0 Å². The number of nitrogens with zero attached hydrogens (tertiary/aromatic N) is 3. The molecule has 0 spiro atoms. The van der Waals surface area contributed by atoms with Crippen LogP contribution in [0.25, 0.3) is 0 Å². The highest BCUT2D eigenvalue weighted by atomic mass is 35.5. The summed E-state index contributed by atoms with van der Waals surface area (Å²) in [6, 6.07) is 9.01. The average molecular weight is 451 g/mol. The zero-order valence-electron chi connectivity index (χ0n) is 15.4. The second kappa shape index (κ2) is 8.36. The molecule has 10 heteroatoms. The molecule has 0 aliphatic carbocycles. The number of sulfonamides is 1. The Morgan fingerprint density at radius 2 is 1.90 bits per heavy atom. The lowest BCUT2D eigenvalue weighted by Crippen LogP contribution is -2.28. The maximum atomic E-state index is 12.9. The first-order chi connectivity index (χ1) is 13.7. The van der Waals surface area contributed by atoms with Crippen molar-refractivity contribution in [3.05, 3.63) is 76.3 Å². The first kappa shape index (κ1) is 21.0. The van der Waals surface area contributed by atoms with Crippen molar-refractivity contribution in [1.29, 1.82) is 0 Å². The summed E-state index contributed by atoms with van der Waals surface area (Å²) in [5.74, 6) is -0.528. The molecule has 0 unspecified atom stereocenters. The van der Waals surface area contributed by atoms with Gasteiger partial charge in [0.2, 0.25) is 0 Å². The average Bonchev–Trinajstić information content (AvgIpc) is 2.69. The molecule has 2 aromatic heterocycles. The molecule has 29 heavy (non-hydrogen) atoms. The third-order valence-electron chi connectivity index (χ3n) is 4.08. The van der Waals surface area contributed by atoms with E-state index < -0.39 is 15.9 Å². The van der Waals surface area contributed by atoms with Gasteiger partial charge >= 0.3 is 0 Å². The Kier molecular flexibility index (Phi) is 6.07. The van der Waals surface area contributed by atoms with Gasteiger partial charge in [0, 0.05) is 24.5 Å². The van der Waals surface area contributed by atoms with Gasteiger partial charge in [-0.15, -0.1) is 0 Å². The molecule has 0 saturated heterocycles. The van der Waals surface area contributed by atoms with E-state index in [0.29, 0.717) is 16.3 Å². The second-order valence-electron chi connectivity index (χ2n) is 6.14. The molecule has 0 fully saturated rings. The van der Waals surface area contributed by atoms with Crippen molar-refractivity contribution in [1.82, 2.24) is 9.97 Å². The number of rotatable bonds is 5. The Morgan fingerprint density at radius 3 is 2.55 bits per heavy atom. The lowest BCUT2D eigenvalue weighted by Gasteiger charge is -2.19. The molecular formula is C19H16Cl2N4O3S. The van der Waals surface area contributed by atoms with Crippen molar-refractivity contribution in [2.75, 3.05) is 16.7 Å². The van der Waals surface area contributed by atoms with E-state index in [-0.39, 0.29) is 21.3 Å². The maximum Gasteiger partial charge on any atom is 0.278 e. The molecular weight excluding hydrogens is 435 g/mol. The fraction of sp³-hybridized carbons (Fsp3) is 0.105. The molecule has 7 nitrogen and oxygen atoms in total. The molecule has 1 N–H and O–H groups in total. The summed E-state index contributed by atoms with van der Waals surface area (Å²) < 4.78 is 28.1. The first-order valence-electron chi connectivity index (χ1n) is 8.31. The predicted octanol–water partition coefficient (Wildman–Crippen LogP) is 4.17. The molecule has 3 aromatic rings. The lowest BCUT2D eigenvalue weighted by molar-refractivity contribution is 0.0989. The Bertz CT molecular complexity index is 1170. The maximum absolute atomic E-state index is 12.9. The van der Waals surface area contributed by atoms with E-state index in [1.165, 1.54) is 48.6 Å². The van der Waals surface area contributed by atoms with Crippen LogP contribution in [0.1, 0.15) is 16.1 Å². The number of aromatic nitrogens is 2. The van der Waals surface area contributed by atoms with E-state index in [1.54, 1.807) is 25.3 Å². The fourth-order valence-corrected chi connectivity index (χ4v) is 3.92. The highest BCUT2D eigenvalue weighted by Gasteiger charge is 2.23. The Labute approximate surface area is 178 Å². The number of hydrogen-bond donors (Lipinski definition) is 1. The SMILES string of the molecule is Cc1cc(S(=O)(=O)Nc2cc(Cl)cnc2C(=O)N(C)c2cccnc2)ccc1Cl. The highest BCUT2D eigenvalue weighted by molar-refractivity contribution is 7.92. The summed E-state index contributed by atoms with van der Waals surface area (Å²) >= 11 is 12.0. The molecule has 0 atom stereocenters. The number of hydrogen-bond acceptors (Lipinski definition) is 5. The van der Waals surface area contributed by atoms with Crippen LogP contribution in [-0.4, -0.2) is 31.3 Å². The lowest BCUT2D eigenvalue weighted by atomic mass is 10.2. The number of carbonyl (C=O) groups is 1. The van der Waals surface area contributed by atoms with E-state index in [9.17, 15) is 13.2 Å². The van der Waals surface area contributed by atoms with Crippen molar-refractivity contribution >= 4 is 50.5 Å². The number of carbonyl (C=O) groups excluding carboxylic acids is 1. The van der Waals surface area contributed by atoms with Gasteiger partial charge in [0.25, 0.3) is 15.9 Å². The summed E-state index contributed by atoms with van der Waals surface area (Å²) in [7, 11) is -2.47. The molecule has 0 bridgehead atoms. The van der Waals surface area contributed by atoms with Gasteiger partial charge in [-0.25, -0.2) is 13.4 Å². The van der Waals surface area contributed by atoms with Gasteiger partial charge in [-0.05, 0) is 48.9 Å². The quantitative estimate of drug-likeness (QED) is 0.629. The summed E-state index contributed by atoms with van der Waals surface area (Å²) in [6.45, 7) is 1.69. The number of halogens is 2. The molecule has 1 amide bonds. The molecule has 3 rings (SSSR count). The number of amides is 1. The number of aryl methyl sites for hydroxylation is 1. The van der Waals surface area contributed by atoms with Gasteiger partial charge in [0.05, 0.1) is 27.5 Å². The molecule has 1 aromatic carbocycles. The Morgan fingerprint density at radius 1 is 1.14 bits per heavy atom. The molecule has 0 saturated carbocycles. The van der Waals surface area contributed by atoms with Crippen LogP contribution in [0, 0.1) is 6.92 Å². The van der Waals surface area contributed by atoms with E-state index in [2.05, 4.69) is 14.7 Å². The minimum Gasteiger partial charge on any atom is -0.309 e. The normalized spacial score (nSPS) is 11.2. The monoisotopic (exact) mass is 450 g/mol. The van der Waals surface area contributed by atoms with Gasteiger partial charge in [0.1, 0.15) is 0 Å². The summed E-state index contributed by atoms with van der Waals surface area (Å²) in [5, 5.41) is 0.623. The zero-order valence-corrected chi connectivity index (χ0v) is 17.8. The van der Waals surface area contributed by atoms with E-state index >= 15 is 0 Å². The Hall–Kier alpha value is -2.68. The van der Waals surface area contributed by atoms with Crippen LogP contribution in [0.15, 0.2) is 59.9 Å². The van der Waals surface area contributed by atoms with Crippen molar-refractivity contribution < 1.29 is 13.2 Å². The fourth-order valence-electron chi connectivity index (χ4n) is 2.50. The number of nitrogens with one attached hydrogen (secondary N) is 1. The van der Waals surface area contributed by atoms with Crippen LogP contribution in [0.4, 0.5) is 11.4 Å². The minimum atomic E-state index is -4.01. The molecule has 0 aliphatic heterocycles. The third-order valence-corrected chi connectivity index (χ3v) is 6.07. The topological polar surface area (TPSA) is 92.3 Å². The third kappa shape index (κ3) is 4.67. The Balaban J connectivity index is 1.98. The van der Waals surface area contributed by atoms with Crippen molar-refractivity contribution in [2.45, 2.75) is 11.8 Å². The van der Waals surface area contributed by atoms with Gasteiger partial charge in [-0.3, -0.25) is 14.5 Å². The van der Waals surface area contributed by atoms with Gasteiger partial charge < -0.3 is 4.90 Å². The van der Waals surface area contributed by atoms with Crippen LogP contribution < -0.4 is 9.62 Å². The molecule has 0 radical (unpaired) electrons. The predicted molar refractivity (Wildman–Crippen MR) is 113 cm³/mol. The number of benzene rings is 1. The largest absolute Gasteiger partial charge is 0.309 e. The zero-order chi connectivity index (χ0) is 21.2. The van der Waals surface area contributed by atoms with Crippen LogP contribution in [0.5, 0.6) is 0 Å². The summed E-state index contributed by atoms with van der Waals surface area (Å²) in [5.41, 5.74) is 0.989. The van der Waals surface area contributed by atoms with Crippen molar-refractivity contribution in [2.24, 2.45) is 0 Å². The standard InChI is InChI=1S/C19H16Cl2N4O3S/c1-12-8-15(5-6-16(12)21)29(27,28)24-17-9-13(20)10-23-18(17)19(26)25(2)14-4-3-7-22-11-14/h3-11,24H,1-2H3. The van der Waals surface area contributed by atoms with Crippen LogP contribution >= 0.6 is 23.2 Å². The van der Waals surface area contributed by atoms with Gasteiger partial charge in [-0.1, -0.05) is 23.2 Å². The molecule has 2 heterocycles. The molecule has 0 aliphatic rings. The minimum absolute atomic E-state index is 0.00149. The van der Waals surface area contributed by atoms with E-state index in [1.807, 2.05) is 0 Å². The van der Waals surface area contributed by atoms with Crippen molar-refractivity contribution in [3.8, 4) is 0 Å². The summed E-state index contributed by atoms with van der Waals surface area (Å²) in [6.07, 6.45) is 4.36. The van der Waals surface area contributed by atoms with Crippen LogP contribution in [0.3, 0.4) is 0 Å². The first-order valence-corrected chi connectivity index (χ1v) is 10.6. The smallest absolute Gasteiger partial charge is 0.278 e.